The number of Topliss-reactive ketones (excluding diaryl/α,β-unsaturated/α-hetero) is 1. The average Bonchev–Trinajstić information content (AvgIpc) is 2.64. The van der Waals surface area contributed by atoms with Crippen molar-refractivity contribution in [3.63, 3.8) is 0 Å². The molecule has 0 saturated heterocycles. The minimum absolute atomic E-state index is 0.187. The first-order chi connectivity index (χ1) is 7.69. The zero-order valence-electron chi connectivity index (χ0n) is 9.66. The van der Waals surface area contributed by atoms with Crippen LogP contribution in [0.3, 0.4) is 0 Å². The number of thiophene rings is 1. The van der Waals surface area contributed by atoms with Gasteiger partial charge in [0.05, 0.1) is 0 Å². The van der Waals surface area contributed by atoms with Crippen LogP contribution in [0.2, 0.25) is 0 Å². The minimum atomic E-state index is -0.232. The van der Waals surface area contributed by atoms with Crippen molar-refractivity contribution in [2.24, 2.45) is 0 Å². The molecule has 0 aliphatic heterocycles. The molecule has 0 aliphatic carbocycles. The summed E-state index contributed by atoms with van der Waals surface area (Å²) in [5, 5.41) is 1.99. The summed E-state index contributed by atoms with van der Waals surface area (Å²) in [5.41, 5.74) is 0. The standard InChI is InChI=1S/C12H17BrO2S/c1-3-5-11(15-4-2)10(14)8-12-9(13)6-7-16-12/h6-7,11H,3-5,8H2,1-2H3. The second-order valence-electron chi connectivity index (χ2n) is 3.57. The van der Waals surface area contributed by atoms with Crippen molar-refractivity contribution < 1.29 is 9.53 Å². The summed E-state index contributed by atoms with van der Waals surface area (Å²) in [7, 11) is 0. The molecule has 0 aromatic carbocycles. The van der Waals surface area contributed by atoms with E-state index in [0.29, 0.717) is 13.0 Å². The van der Waals surface area contributed by atoms with Gasteiger partial charge in [-0.1, -0.05) is 13.3 Å². The molecule has 4 heteroatoms. The Bertz CT molecular complexity index is 330. The number of carbonyl (C=O) groups is 1. The van der Waals surface area contributed by atoms with Crippen LogP contribution < -0.4 is 0 Å². The van der Waals surface area contributed by atoms with Gasteiger partial charge in [-0.05, 0) is 40.7 Å². The van der Waals surface area contributed by atoms with E-state index in [-0.39, 0.29) is 11.9 Å². The van der Waals surface area contributed by atoms with Crippen molar-refractivity contribution >= 4 is 33.0 Å². The van der Waals surface area contributed by atoms with Gasteiger partial charge in [-0.25, -0.2) is 0 Å². The highest BCUT2D eigenvalue weighted by Crippen LogP contribution is 2.24. The molecule has 0 aliphatic rings. The van der Waals surface area contributed by atoms with Crippen LogP contribution in [0.15, 0.2) is 15.9 Å². The third-order valence-corrected chi connectivity index (χ3v) is 4.23. The van der Waals surface area contributed by atoms with Crippen molar-refractivity contribution in [3.05, 3.63) is 20.8 Å². The van der Waals surface area contributed by atoms with Gasteiger partial charge in [0.25, 0.3) is 0 Å². The minimum Gasteiger partial charge on any atom is -0.371 e. The Kier molecular flexibility index (Phi) is 6.24. The molecule has 0 amide bonds. The third-order valence-electron chi connectivity index (χ3n) is 2.30. The maximum Gasteiger partial charge on any atom is 0.166 e. The lowest BCUT2D eigenvalue weighted by molar-refractivity contribution is -0.130. The molecule has 1 unspecified atom stereocenters. The van der Waals surface area contributed by atoms with Crippen LogP contribution in [-0.2, 0) is 16.0 Å². The Morgan fingerprint density at radius 3 is 2.81 bits per heavy atom. The van der Waals surface area contributed by atoms with Crippen molar-refractivity contribution in [3.8, 4) is 0 Å². The van der Waals surface area contributed by atoms with Gasteiger partial charge in [0.15, 0.2) is 5.78 Å². The van der Waals surface area contributed by atoms with Crippen molar-refractivity contribution in [2.45, 2.75) is 39.2 Å². The van der Waals surface area contributed by atoms with E-state index in [0.717, 1.165) is 22.2 Å². The smallest absolute Gasteiger partial charge is 0.166 e. The fraction of sp³-hybridized carbons (Fsp3) is 0.583. The fourth-order valence-corrected chi connectivity index (χ4v) is 3.03. The molecule has 0 bridgehead atoms. The molecule has 1 aromatic heterocycles. The summed E-state index contributed by atoms with van der Waals surface area (Å²) in [6.45, 7) is 4.60. The van der Waals surface area contributed by atoms with Crippen molar-refractivity contribution in [2.75, 3.05) is 6.61 Å². The monoisotopic (exact) mass is 304 g/mol. The molecule has 0 radical (unpaired) electrons. The summed E-state index contributed by atoms with van der Waals surface area (Å²) in [4.78, 5) is 13.1. The summed E-state index contributed by atoms with van der Waals surface area (Å²) in [5.74, 6) is 0.187. The second kappa shape index (κ2) is 7.20. The molecule has 1 aromatic rings. The molecule has 0 saturated carbocycles. The van der Waals surface area contributed by atoms with Gasteiger partial charge in [-0.3, -0.25) is 4.79 Å². The Balaban J connectivity index is 2.58. The Morgan fingerprint density at radius 2 is 2.31 bits per heavy atom. The number of halogens is 1. The normalized spacial score (nSPS) is 12.7. The lowest BCUT2D eigenvalue weighted by atomic mass is 10.1. The van der Waals surface area contributed by atoms with Crippen LogP contribution in [0, 0.1) is 0 Å². The Hall–Kier alpha value is -0.190. The van der Waals surface area contributed by atoms with Crippen LogP contribution in [0.1, 0.15) is 31.6 Å². The zero-order valence-corrected chi connectivity index (χ0v) is 12.1. The predicted molar refractivity (Wildman–Crippen MR) is 71.1 cm³/mol. The molecule has 90 valence electrons. The molecule has 2 nitrogen and oxygen atoms in total. The van der Waals surface area contributed by atoms with Crippen LogP contribution in [0.5, 0.6) is 0 Å². The first kappa shape index (κ1) is 13.9. The molecule has 0 N–H and O–H groups in total. The van der Waals surface area contributed by atoms with Crippen LogP contribution in [-0.4, -0.2) is 18.5 Å². The van der Waals surface area contributed by atoms with E-state index in [1.165, 1.54) is 0 Å². The average molecular weight is 305 g/mol. The molecule has 1 rings (SSSR count). The number of ether oxygens (including phenoxy) is 1. The highest BCUT2D eigenvalue weighted by molar-refractivity contribution is 9.10. The third kappa shape index (κ3) is 4.00. The van der Waals surface area contributed by atoms with Crippen LogP contribution >= 0.6 is 27.3 Å². The van der Waals surface area contributed by atoms with Gasteiger partial charge < -0.3 is 4.74 Å². The summed E-state index contributed by atoms with van der Waals surface area (Å²) in [6.07, 6.45) is 2.03. The highest BCUT2D eigenvalue weighted by Gasteiger charge is 2.19. The fourth-order valence-electron chi connectivity index (χ4n) is 1.52. The summed E-state index contributed by atoms with van der Waals surface area (Å²) < 4.78 is 6.50. The number of ketones is 1. The molecular formula is C12H17BrO2S. The van der Waals surface area contributed by atoms with Crippen LogP contribution in [0.25, 0.3) is 0 Å². The zero-order chi connectivity index (χ0) is 12.0. The lowest BCUT2D eigenvalue weighted by Crippen LogP contribution is -2.25. The predicted octanol–water partition coefficient (Wildman–Crippen LogP) is 3.83. The molecule has 1 heterocycles. The lowest BCUT2D eigenvalue weighted by Gasteiger charge is -2.14. The second-order valence-corrected chi connectivity index (χ2v) is 5.42. The highest BCUT2D eigenvalue weighted by atomic mass is 79.9. The number of rotatable bonds is 7. The first-order valence-corrected chi connectivity index (χ1v) is 7.22. The number of carbonyl (C=O) groups excluding carboxylic acids is 1. The van der Waals surface area contributed by atoms with Gasteiger partial charge in [0.2, 0.25) is 0 Å². The topological polar surface area (TPSA) is 26.3 Å². The molecule has 16 heavy (non-hydrogen) atoms. The van der Waals surface area contributed by atoms with Crippen molar-refractivity contribution in [1.29, 1.82) is 0 Å². The van der Waals surface area contributed by atoms with E-state index in [9.17, 15) is 4.79 Å². The molecule has 1 atom stereocenters. The summed E-state index contributed by atoms with van der Waals surface area (Å²) >= 11 is 5.05. The van der Waals surface area contributed by atoms with Crippen LogP contribution in [0.4, 0.5) is 0 Å². The van der Waals surface area contributed by atoms with Gasteiger partial charge in [0, 0.05) is 22.4 Å². The van der Waals surface area contributed by atoms with Gasteiger partial charge in [-0.2, -0.15) is 0 Å². The van der Waals surface area contributed by atoms with Crippen molar-refractivity contribution in [1.82, 2.24) is 0 Å². The Labute approximate surface area is 109 Å². The molecule has 0 fully saturated rings. The maximum atomic E-state index is 12.0. The Morgan fingerprint density at radius 1 is 1.56 bits per heavy atom. The quantitative estimate of drug-likeness (QED) is 0.765. The number of hydrogen-bond donors (Lipinski definition) is 0. The summed E-state index contributed by atoms with van der Waals surface area (Å²) in [6, 6.07) is 1.97. The first-order valence-electron chi connectivity index (χ1n) is 5.55. The van der Waals surface area contributed by atoms with E-state index in [1.54, 1.807) is 11.3 Å². The van der Waals surface area contributed by atoms with Gasteiger partial charge in [-0.15, -0.1) is 11.3 Å². The number of hydrogen-bond acceptors (Lipinski definition) is 3. The molecule has 0 spiro atoms. The van der Waals surface area contributed by atoms with E-state index in [4.69, 9.17) is 4.74 Å². The van der Waals surface area contributed by atoms with E-state index in [1.807, 2.05) is 18.4 Å². The van der Waals surface area contributed by atoms with Gasteiger partial charge in [0.1, 0.15) is 6.10 Å². The van der Waals surface area contributed by atoms with E-state index >= 15 is 0 Å². The largest absolute Gasteiger partial charge is 0.371 e. The SMILES string of the molecule is CCCC(OCC)C(=O)Cc1sccc1Br. The van der Waals surface area contributed by atoms with Gasteiger partial charge >= 0.3 is 0 Å². The maximum absolute atomic E-state index is 12.0. The van der Waals surface area contributed by atoms with E-state index in [2.05, 4.69) is 22.9 Å². The van der Waals surface area contributed by atoms with E-state index < -0.39 is 0 Å². The molecular weight excluding hydrogens is 288 g/mol.